The van der Waals surface area contributed by atoms with Gasteiger partial charge in [0.25, 0.3) is 5.91 Å². The predicted molar refractivity (Wildman–Crippen MR) is 102 cm³/mol. The Morgan fingerprint density at radius 3 is 2.56 bits per heavy atom. The van der Waals surface area contributed by atoms with E-state index in [0.29, 0.717) is 22.1 Å². The summed E-state index contributed by atoms with van der Waals surface area (Å²) in [5, 5.41) is 4.37. The summed E-state index contributed by atoms with van der Waals surface area (Å²) in [6, 6.07) is 12.8. The minimum Gasteiger partial charge on any atom is -0.493 e. The molecule has 0 heterocycles. The number of benzene rings is 2. The average Bonchev–Trinajstić information content (AvgIpc) is 2.63. The summed E-state index contributed by atoms with van der Waals surface area (Å²) in [4.78, 5) is 13.1. The molecule has 7 heteroatoms. The minimum absolute atomic E-state index is 0.196. The second kappa shape index (κ2) is 9.34. The Balaban J connectivity index is 1.97. The molecule has 5 nitrogen and oxygen atoms in total. The normalized spacial score (nSPS) is 12.0. The zero-order valence-electron chi connectivity index (χ0n) is 14.2. The predicted octanol–water partition coefficient (Wildman–Crippen LogP) is 3.99. The topological polar surface area (TPSA) is 59.9 Å². The van der Waals surface area contributed by atoms with Gasteiger partial charge in [0.1, 0.15) is 0 Å². The molecule has 132 valence electrons. The number of carbonyl (C=O) groups excluding carboxylic acids is 1. The Labute approximate surface area is 156 Å². The zero-order chi connectivity index (χ0) is 18.2. The van der Waals surface area contributed by atoms with Crippen molar-refractivity contribution in [3.63, 3.8) is 0 Å². The number of hydrogen-bond donors (Lipinski definition) is 1. The molecule has 0 saturated heterocycles. The van der Waals surface area contributed by atoms with Crippen LogP contribution in [0.1, 0.15) is 12.5 Å². The number of halogens is 1. The Hall–Kier alpha value is -2.18. The molecule has 1 atom stereocenters. The molecule has 0 radical (unpaired) electrons. The molecule has 0 aliphatic carbocycles. The van der Waals surface area contributed by atoms with Gasteiger partial charge in [0.2, 0.25) is 0 Å². The van der Waals surface area contributed by atoms with E-state index < -0.39 is 0 Å². The van der Waals surface area contributed by atoms with Gasteiger partial charge in [-0.2, -0.15) is 5.10 Å². The maximum Gasteiger partial charge on any atom is 0.253 e. The largest absolute Gasteiger partial charge is 0.493 e. The minimum atomic E-state index is -0.300. The summed E-state index contributed by atoms with van der Waals surface area (Å²) in [6.45, 7) is 1.82. The van der Waals surface area contributed by atoms with Gasteiger partial charge >= 0.3 is 0 Å². The highest BCUT2D eigenvalue weighted by Crippen LogP contribution is 2.29. The van der Waals surface area contributed by atoms with Crippen molar-refractivity contribution in [2.45, 2.75) is 17.1 Å². The first kappa shape index (κ1) is 19.1. The Morgan fingerprint density at radius 1 is 1.20 bits per heavy atom. The number of rotatable bonds is 7. The molecule has 2 rings (SSSR count). The van der Waals surface area contributed by atoms with Gasteiger partial charge in [-0.3, -0.25) is 4.79 Å². The van der Waals surface area contributed by atoms with E-state index >= 15 is 0 Å². The molecule has 0 spiro atoms. The molecular formula is C18H19ClN2O3S. The third-order valence-electron chi connectivity index (χ3n) is 3.31. The highest BCUT2D eigenvalue weighted by molar-refractivity contribution is 8.00. The summed E-state index contributed by atoms with van der Waals surface area (Å²) >= 11 is 7.29. The molecule has 0 saturated carbocycles. The quantitative estimate of drug-likeness (QED) is 0.449. The lowest BCUT2D eigenvalue weighted by Gasteiger charge is -2.10. The van der Waals surface area contributed by atoms with E-state index in [-0.39, 0.29) is 11.2 Å². The van der Waals surface area contributed by atoms with E-state index in [9.17, 15) is 4.79 Å². The van der Waals surface area contributed by atoms with E-state index in [1.165, 1.54) is 18.0 Å². The van der Waals surface area contributed by atoms with Crippen LogP contribution >= 0.6 is 23.4 Å². The van der Waals surface area contributed by atoms with Gasteiger partial charge in [-0.05, 0) is 43.3 Å². The van der Waals surface area contributed by atoms with Gasteiger partial charge in [-0.1, -0.05) is 17.7 Å². The standard InChI is InChI=1S/C18H19ClN2O3S/c1-12(25-15-9-7-14(19)8-10-15)18(22)21-20-11-13-5-4-6-16(23-2)17(13)24-3/h4-12H,1-3H3,(H,21,22)/b20-11-/t12-/m1/s1. The monoisotopic (exact) mass is 378 g/mol. The van der Waals surface area contributed by atoms with Crippen molar-refractivity contribution in [3.05, 3.63) is 53.1 Å². The van der Waals surface area contributed by atoms with Crippen molar-refractivity contribution < 1.29 is 14.3 Å². The first-order chi connectivity index (χ1) is 12.0. The van der Waals surface area contributed by atoms with E-state index in [2.05, 4.69) is 10.5 Å². The number of amides is 1. The fourth-order valence-electron chi connectivity index (χ4n) is 2.04. The number of para-hydroxylation sites is 1. The van der Waals surface area contributed by atoms with Crippen molar-refractivity contribution >= 4 is 35.5 Å². The van der Waals surface area contributed by atoms with E-state index in [0.717, 1.165) is 4.90 Å². The third kappa shape index (κ3) is 5.41. The second-order valence-electron chi connectivity index (χ2n) is 5.03. The molecule has 0 aliphatic rings. The smallest absolute Gasteiger partial charge is 0.253 e. The number of nitrogens with zero attached hydrogens (tertiary/aromatic N) is 1. The molecule has 0 aliphatic heterocycles. The Morgan fingerprint density at radius 2 is 1.92 bits per heavy atom. The molecule has 0 aromatic heterocycles. The number of hydrazone groups is 1. The maximum absolute atomic E-state index is 12.2. The van der Waals surface area contributed by atoms with Gasteiger partial charge < -0.3 is 9.47 Å². The van der Waals surface area contributed by atoms with Gasteiger partial charge in [-0.25, -0.2) is 5.43 Å². The molecule has 1 N–H and O–H groups in total. The number of hydrogen-bond acceptors (Lipinski definition) is 5. The van der Waals surface area contributed by atoms with Gasteiger partial charge in [-0.15, -0.1) is 11.8 Å². The van der Waals surface area contributed by atoms with Crippen LogP contribution in [0.3, 0.4) is 0 Å². The third-order valence-corrected chi connectivity index (χ3v) is 4.67. The molecule has 2 aromatic carbocycles. The fourth-order valence-corrected chi connectivity index (χ4v) is 3.03. The number of nitrogens with one attached hydrogen (secondary N) is 1. The van der Waals surface area contributed by atoms with E-state index in [1.54, 1.807) is 32.4 Å². The van der Waals surface area contributed by atoms with Crippen molar-refractivity contribution in [3.8, 4) is 11.5 Å². The lowest BCUT2D eigenvalue weighted by atomic mass is 10.2. The van der Waals surface area contributed by atoms with Crippen LogP contribution < -0.4 is 14.9 Å². The van der Waals surface area contributed by atoms with Crippen molar-refractivity contribution in [1.29, 1.82) is 0 Å². The van der Waals surface area contributed by atoms with E-state index in [1.807, 2.05) is 31.2 Å². The van der Waals surface area contributed by atoms with Crippen LogP contribution in [0, 0.1) is 0 Å². The molecular weight excluding hydrogens is 360 g/mol. The van der Waals surface area contributed by atoms with E-state index in [4.69, 9.17) is 21.1 Å². The second-order valence-corrected chi connectivity index (χ2v) is 6.88. The van der Waals surface area contributed by atoms with Gasteiger partial charge in [0.15, 0.2) is 11.5 Å². The van der Waals surface area contributed by atoms with Crippen LogP contribution in [0.5, 0.6) is 11.5 Å². The number of carbonyl (C=O) groups is 1. The molecule has 2 aromatic rings. The maximum atomic E-state index is 12.2. The Kier molecular flexibility index (Phi) is 7.16. The first-order valence-electron chi connectivity index (χ1n) is 7.51. The SMILES string of the molecule is COc1cccc(/C=N\NC(=O)[C@@H](C)Sc2ccc(Cl)cc2)c1OC. The summed E-state index contributed by atoms with van der Waals surface area (Å²) < 4.78 is 10.5. The molecule has 0 bridgehead atoms. The number of methoxy groups -OCH3 is 2. The number of ether oxygens (including phenoxy) is 2. The van der Waals surface area contributed by atoms with Crippen molar-refractivity contribution in [2.24, 2.45) is 5.10 Å². The molecule has 1 amide bonds. The first-order valence-corrected chi connectivity index (χ1v) is 8.77. The van der Waals surface area contributed by atoms with Crippen LogP contribution in [0.25, 0.3) is 0 Å². The van der Waals surface area contributed by atoms with Crippen molar-refractivity contribution in [2.75, 3.05) is 14.2 Å². The number of thioether (sulfide) groups is 1. The lowest BCUT2D eigenvalue weighted by Crippen LogP contribution is -2.26. The van der Waals surface area contributed by atoms with Crippen LogP contribution in [-0.4, -0.2) is 31.6 Å². The van der Waals surface area contributed by atoms with Crippen LogP contribution in [0.4, 0.5) is 0 Å². The lowest BCUT2D eigenvalue weighted by molar-refractivity contribution is -0.120. The van der Waals surface area contributed by atoms with Crippen LogP contribution in [-0.2, 0) is 4.79 Å². The van der Waals surface area contributed by atoms with Crippen LogP contribution in [0.2, 0.25) is 5.02 Å². The summed E-state index contributed by atoms with van der Waals surface area (Å²) in [7, 11) is 3.12. The fraction of sp³-hybridized carbons (Fsp3) is 0.222. The Bertz CT molecular complexity index is 750. The van der Waals surface area contributed by atoms with Gasteiger partial charge in [0.05, 0.1) is 25.7 Å². The summed E-state index contributed by atoms with van der Waals surface area (Å²) in [5.41, 5.74) is 3.25. The highest BCUT2D eigenvalue weighted by Gasteiger charge is 2.14. The molecule has 0 fully saturated rings. The van der Waals surface area contributed by atoms with Crippen molar-refractivity contribution in [1.82, 2.24) is 5.43 Å². The zero-order valence-corrected chi connectivity index (χ0v) is 15.7. The van der Waals surface area contributed by atoms with Gasteiger partial charge in [0, 0.05) is 15.5 Å². The molecule has 0 unspecified atom stereocenters. The average molecular weight is 379 g/mol. The summed E-state index contributed by atoms with van der Waals surface area (Å²) in [6.07, 6.45) is 1.53. The molecule has 25 heavy (non-hydrogen) atoms. The highest BCUT2D eigenvalue weighted by atomic mass is 35.5. The summed E-state index contributed by atoms with van der Waals surface area (Å²) in [5.74, 6) is 0.967. The van der Waals surface area contributed by atoms with Crippen LogP contribution in [0.15, 0.2) is 52.5 Å².